The van der Waals surface area contributed by atoms with Crippen LogP contribution in [0.25, 0.3) is 0 Å². The number of sulfone groups is 1. The molecule has 0 amide bonds. The third-order valence-corrected chi connectivity index (χ3v) is 6.36. The molecule has 0 atom stereocenters. The lowest BCUT2D eigenvalue weighted by Crippen LogP contribution is -2.26. The Hall–Kier alpha value is -3.59. The Bertz CT molecular complexity index is 1240. The van der Waals surface area contributed by atoms with Gasteiger partial charge in [-0.05, 0) is 97.2 Å². The van der Waals surface area contributed by atoms with Gasteiger partial charge in [-0.15, -0.1) is 13.2 Å². The molecule has 0 bridgehead atoms. The molecule has 1 aromatic carbocycles. The maximum absolute atomic E-state index is 13.3. The number of hydrogen-bond donors (Lipinski definition) is 0. The van der Waals surface area contributed by atoms with Crippen molar-refractivity contribution in [3.8, 4) is 5.75 Å². The van der Waals surface area contributed by atoms with E-state index in [1.807, 2.05) is 0 Å². The Kier molecular flexibility index (Phi) is 11.3. The summed E-state index contributed by atoms with van der Waals surface area (Å²) in [6.07, 6.45) is 4.48. The van der Waals surface area contributed by atoms with Crippen LogP contribution in [0.5, 0.6) is 5.75 Å². The van der Waals surface area contributed by atoms with Gasteiger partial charge in [-0.25, -0.2) is 18.0 Å². The predicted molar refractivity (Wildman–Crippen MR) is 148 cm³/mol. The predicted octanol–water partition coefficient (Wildman–Crippen LogP) is 7.37. The molecule has 0 radical (unpaired) electrons. The summed E-state index contributed by atoms with van der Waals surface area (Å²) in [5.41, 5.74) is -0.690. The van der Waals surface area contributed by atoms with E-state index >= 15 is 0 Å². The van der Waals surface area contributed by atoms with Gasteiger partial charge in [0, 0.05) is 10.5 Å². The number of benzene rings is 1. The Morgan fingerprint density at radius 2 is 1.50 bits per heavy atom. The fourth-order valence-electron chi connectivity index (χ4n) is 2.83. The summed E-state index contributed by atoms with van der Waals surface area (Å²) in [6.45, 7) is 22.8. The van der Waals surface area contributed by atoms with Crippen LogP contribution in [-0.4, -0.2) is 31.9 Å². The zero-order chi connectivity index (χ0) is 29.3. The molecule has 0 aliphatic rings. The molecule has 0 N–H and O–H groups in total. The van der Waals surface area contributed by atoms with Crippen molar-refractivity contribution >= 4 is 22.1 Å². The lowest BCUT2D eigenvalue weighted by Gasteiger charge is -2.19. The minimum Gasteiger partial charge on any atom is -0.428 e. The Morgan fingerprint density at radius 3 is 2.03 bits per heavy atom. The highest BCUT2D eigenvalue weighted by molar-refractivity contribution is 7.95. The van der Waals surface area contributed by atoms with Crippen LogP contribution >= 0.6 is 0 Å². The number of allylic oxidation sites excluding steroid dienone is 6. The second-order valence-electron chi connectivity index (χ2n) is 10.3. The summed E-state index contributed by atoms with van der Waals surface area (Å²) in [4.78, 5) is 24.2. The van der Waals surface area contributed by atoms with E-state index in [0.29, 0.717) is 17.6 Å². The van der Waals surface area contributed by atoms with Crippen molar-refractivity contribution in [1.82, 2.24) is 0 Å². The first-order chi connectivity index (χ1) is 17.4. The van der Waals surface area contributed by atoms with E-state index in [0.717, 1.165) is 0 Å². The maximum Gasteiger partial charge on any atom is 0.514 e. The molecule has 0 aromatic heterocycles. The summed E-state index contributed by atoms with van der Waals surface area (Å²) in [5.74, 6) is 0.204. The molecule has 1 aromatic rings. The van der Waals surface area contributed by atoms with Crippen LogP contribution in [0.3, 0.4) is 0 Å². The molecular weight excluding hydrogens is 508 g/mol. The number of hydrogen-bond acceptors (Lipinski definition) is 8. The van der Waals surface area contributed by atoms with E-state index in [9.17, 15) is 18.0 Å². The van der Waals surface area contributed by atoms with E-state index < -0.39 is 33.4 Å². The minimum absolute atomic E-state index is 0.0208. The van der Waals surface area contributed by atoms with Gasteiger partial charge < -0.3 is 18.9 Å². The van der Waals surface area contributed by atoms with Crippen molar-refractivity contribution in [2.45, 2.75) is 77.4 Å². The van der Waals surface area contributed by atoms with Crippen molar-refractivity contribution in [3.05, 3.63) is 84.0 Å². The normalized spacial score (nSPS) is 12.8. The number of carbonyl (C=O) groups is 2. The average Bonchev–Trinajstić information content (AvgIpc) is 2.75. The molecule has 0 heterocycles. The summed E-state index contributed by atoms with van der Waals surface area (Å²) in [7, 11) is -3.96. The zero-order valence-electron chi connectivity index (χ0n) is 23.3. The summed E-state index contributed by atoms with van der Waals surface area (Å²) in [5, 5.41) is 0. The van der Waals surface area contributed by atoms with Gasteiger partial charge in [0.2, 0.25) is 9.84 Å². The highest BCUT2D eigenvalue weighted by Crippen LogP contribution is 2.28. The fraction of sp³-hybridized carbons (Fsp3) is 0.379. The fourth-order valence-corrected chi connectivity index (χ4v) is 3.99. The zero-order valence-corrected chi connectivity index (χ0v) is 24.1. The number of rotatable bonds is 10. The Balaban J connectivity index is 3.35. The highest BCUT2D eigenvalue weighted by atomic mass is 32.2. The monoisotopic (exact) mass is 546 g/mol. The van der Waals surface area contributed by atoms with Crippen molar-refractivity contribution in [2.75, 3.05) is 0 Å². The molecule has 0 unspecified atom stereocenters. The number of carbonyl (C=O) groups excluding carboxylic acids is 2. The molecule has 0 saturated heterocycles. The van der Waals surface area contributed by atoms with Gasteiger partial charge in [0.05, 0.1) is 4.90 Å². The van der Waals surface area contributed by atoms with E-state index in [1.54, 1.807) is 53.7 Å². The molecular formula is C29H38O8S. The second-order valence-corrected chi connectivity index (χ2v) is 12.4. The van der Waals surface area contributed by atoms with Crippen LogP contribution in [0.2, 0.25) is 0 Å². The van der Waals surface area contributed by atoms with Crippen LogP contribution in [0.1, 0.15) is 60.5 Å². The van der Waals surface area contributed by atoms with Crippen LogP contribution in [0, 0.1) is 0 Å². The van der Waals surface area contributed by atoms with Gasteiger partial charge in [-0.2, -0.15) is 0 Å². The van der Waals surface area contributed by atoms with E-state index in [-0.39, 0.29) is 27.7 Å². The van der Waals surface area contributed by atoms with Gasteiger partial charge in [0.25, 0.3) is 0 Å². The molecule has 208 valence electrons. The van der Waals surface area contributed by atoms with Gasteiger partial charge in [0.1, 0.15) is 22.7 Å². The molecule has 8 nitrogen and oxygen atoms in total. The summed E-state index contributed by atoms with van der Waals surface area (Å²) < 4.78 is 47.5. The molecule has 0 saturated carbocycles. The SMILES string of the molecule is C=CCC(=C)/C(=C\C=C(/C)S(=O)(=O)c1ccc(OC(=O)OC(C)(C)C)c(CC=C)c1)OC(=O)OC(C)(C)C. The molecule has 0 aliphatic carbocycles. The van der Waals surface area contributed by atoms with Crippen molar-refractivity contribution in [3.63, 3.8) is 0 Å². The molecule has 1 rings (SSSR count). The molecule has 0 fully saturated rings. The molecule has 0 spiro atoms. The topological polar surface area (TPSA) is 105 Å². The van der Waals surface area contributed by atoms with Crippen LogP contribution in [0.15, 0.2) is 83.4 Å². The largest absolute Gasteiger partial charge is 0.514 e. The summed E-state index contributed by atoms with van der Waals surface area (Å²) in [6, 6.07) is 4.13. The molecule has 9 heteroatoms. The van der Waals surface area contributed by atoms with Crippen molar-refractivity contribution in [1.29, 1.82) is 0 Å². The van der Waals surface area contributed by atoms with Crippen LogP contribution in [0.4, 0.5) is 9.59 Å². The van der Waals surface area contributed by atoms with Gasteiger partial charge >= 0.3 is 12.3 Å². The third-order valence-electron chi connectivity index (χ3n) is 4.50. The van der Waals surface area contributed by atoms with E-state index in [4.69, 9.17) is 18.9 Å². The van der Waals surface area contributed by atoms with Crippen LogP contribution < -0.4 is 4.74 Å². The minimum atomic E-state index is -3.96. The van der Waals surface area contributed by atoms with E-state index in [2.05, 4.69) is 19.7 Å². The van der Waals surface area contributed by atoms with Gasteiger partial charge in [-0.3, -0.25) is 0 Å². The average molecular weight is 547 g/mol. The molecule has 0 aliphatic heterocycles. The van der Waals surface area contributed by atoms with Crippen molar-refractivity contribution in [2.24, 2.45) is 0 Å². The van der Waals surface area contributed by atoms with Gasteiger partial charge in [0.15, 0.2) is 0 Å². The lowest BCUT2D eigenvalue weighted by molar-refractivity contribution is 0.00718. The quantitative estimate of drug-likeness (QED) is 0.0984. The van der Waals surface area contributed by atoms with Gasteiger partial charge in [-0.1, -0.05) is 18.7 Å². The highest BCUT2D eigenvalue weighted by Gasteiger charge is 2.23. The smallest absolute Gasteiger partial charge is 0.428 e. The van der Waals surface area contributed by atoms with E-state index in [1.165, 1.54) is 37.3 Å². The first kappa shape index (κ1) is 32.4. The standard InChI is InChI=1S/C29H38O8S/c1-11-13-20(3)24(34-26(30)36-28(5,6)7)17-15-21(4)38(32,33)23-16-18-25(22(19-23)14-12-2)35-27(31)37-29(8,9)10/h11-12,15-19H,1-3,13-14H2,4-10H3/b21-15+,24-17+. The Labute approximate surface area is 226 Å². The second kappa shape index (κ2) is 13.3. The number of ether oxygens (including phenoxy) is 4. The maximum atomic E-state index is 13.3. The molecule has 38 heavy (non-hydrogen) atoms. The first-order valence-corrected chi connectivity index (χ1v) is 13.4. The third kappa shape index (κ3) is 10.8. The summed E-state index contributed by atoms with van der Waals surface area (Å²) >= 11 is 0. The lowest BCUT2D eigenvalue weighted by atomic mass is 10.1. The van der Waals surface area contributed by atoms with Crippen LogP contribution in [-0.2, 0) is 30.5 Å². The van der Waals surface area contributed by atoms with Crippen molar-refractivity contribution < 1.29 is 37.0 Å². The Morgan fingerprint density at radius 1 is 0.921 bits per heavy atom. The first-order valence-electron chi connectivity index (χ1n) is 11.9.